The van der Waals surface area contributed by atoms with Crippen LogP contribution in [0.5, 0.6) is 0 Å². The molecule has 0 saturated heterocycles. The van der Waals surface area contributed by atoms with E-state index in [1.165, 1.54) is 0 Å². The van der Waals surface area contributed by atoms with Crippen LogP contribution in [0.4, 0.5) is 0 Å². The molecular formula is C9H13N2O+. The second-order valence-corrected chi connectivity index (χ2v) is 2.77. The van der Waals surface area contributed by atoms with Gasteiger partial charge in [0.2, 0.25) is 0 Å². The van der Waals surface area contributed by atoms with E-state index < -0.39 is 0 Å². The highest BCUT2D eigenvalue weighted by atomic mass is 16.1. The van der Waals surface area contributed by atoms with Crippen molar-refractivity contribution in [2.24, 2.45) is 7.05 Å². The number of carbonyl (C=O) groups is 1. The van der Waals surface area contributed by atoms with E-state index in [1.54, 1.807) is 19.4 Å². The number of hydrogen-bond acceptors (Lipinski definition) is 2. The Morgan fingerprint density at radius 2 is 2.33 bits per heavy atom. The van der Waals surface area contributed by atoms with Gasteiger partial charge in [-0.25, -0.2) is 4.57 Å². The molecule has 1 rings (SSSR count). The van der Waals surface area contributed by atoms with Crippen molar-refractivity contribution in [1.29, 1.82) is 0 Å². The lowest BCUT2D eigenvalue weighted by Gasteiger charge is -2.01. The van der Waals surface area contributed by atoms with Gasteiger partial charge in [-0.15, -0.1) is 0 Å². The van der Waals surface area contributed by atoms with Crippen molar-refractivity contribution in [1.82, 2.24) is 4.98 Å². The van der Waals surface area contributed by atoms with Crippen LogP contribution in [0.25, 0.3) is 0 Å². The van der Waals surface area contributed by atoms with E-state index in [1.807, 2.05) is 18.5 Å². The Hall–Kier alpha value is -1.25. The first-order valence-corrected chi connectivity index (χ1v) is 4.00. The highest BCUT2D eigenvalue weighted by Crippen LogP contribution is 2.02. The summed E-state index contributed by atoms with van der Waals surface area (Å²) in [5.41, 5.74) is 1.76. The fraction of sp³-hybridized carbons (Fsp3) is 0.444. The molecule has 0 fully saturated rings. The molecule has 0 saturated carbocycles. The zero-order valence-corrected chi connectivity index (χ0v) is 7.66. The second kappa shape index (κ2) is 3.43. The zero-order valence-electron chi connectivity index (χ0n) is 7.66. The molecule has 0 spiro atoms. The summed E-state index contributed by atoms with van der Waals surface area (Å²) in [6.07, 6.45) is 4.19. The van der Waals surface area contributed by atoms with Gasteiger partial charge >= 0.3 is 0 Å². The summed E-state index contributed by atoms with van der Waals surface area (Å²) in [4.78, 5) is 15.1. The first kappa shape index (κ1) is 8.84. The quantitative estimate of drug-likeness (QED) is 0.477. The predicted octanol–water partition coefficient (Wildman–Crippen LogP) is 0.671. The molecule has 0 radical (unpaired) electrons. The van der Waals surface area contributed by atoms with Gasteiger partial charge in [-0.05, 0) is 6.92 Å². The molecule has 1 aromatic heterocycles. The van der Waals surface area contributed by atoms with Crippen LogP contribution < -0.4 is 4.57 Å². The molecule has 1 aromatic rings. The Labute approximate surface area is 72.1 Å². The molecule has 0 amide bonds. The maximum absolute atomic E-state index is 11.1. The Kier molecular flexibility index (Phi) is 2.53. The Morgan fingerprint density at radius 1 is 1.67 bits per heavy atom. The van der Waals surface area contributed by atoms with Crippen LogP contribution in [-0.2, 0) is 13.5 Å². The molecular weight excluding hydrogens is 152 g/mol. The molecule has 0 atom stereocenters. The first-order valence-electron chi connectivity index (χ1n) is 4.00. The molecule has 3 heteroatoms. The number of nitrogens with zero attached hydrogens (tertiary/aromatic N) is 2. The van der Waals surface area contributed by atoms with Crippen molar-refractivity contribution >= 4 is 5.78 Å². The molecule has 0 aliphatic rings. The maximum Gasteiger partial charge on any atom is 0.286 e. The largest absolute Gasteiger partial charge is 0.294 e. The standard InChI is InChI=1S/C9H13N2O/c1-4-9-8(7(2)12)5-10-6-11(9)3/h5-6H,4H2,1-3H3/q+1. The van der Waals surface area contributed by atoms with Crippen molar-refractivity contribution in [3.8, 4) is 0 Å². The molecule has 64 valence electrons. The number of aryl methyl sites for hydroxylation is 1. The van der Waals surface area contributed by atoms with Crippen LogP contribution in [0.1, 0.15) is 29.9 Å². The molecule has 0 bridgehead atoms. The van der Waals surface area contributed by atoms with Crippen LogP contribution in [0.2, 0.25) is 0 Å². The molecule has 3 nitrogen and oxygen atoms in total. The molecule has 0 aliphatic carbocycles. The third kappa shape index (κ3) is 1.49. The van der Waals surface area contributed by atoms with E-state index in [0.29, 0.717) is 0 Å². The molecule has 0 aliphatic heterocycles. The van der Waals surface area contributed by atoms with Crippen LogP contribution in [0.3, 0.4) is 0 Å². The summed E-state index contributed by atoms with van der Waals surface area (Å²) in [6, 6.07) is 0. The number of ketones is 1. The van der Waals surface area contributed by atoms with E-state index in [4.69, 9.17) is 0 Å². The molecule has 1 heterocycles. The topological polar surface area (TPSA) is 33.8 Å². The van der Waals surface area contributed by atoms with E-state index in [-0.39, 0.29) is 5.78 Å². The van der Waals surface area contributed by atoms with Crippen LogP contribution in [0.15, 0.2) is 12.5 Å². The predicted molar refractivity (Wildman–Crippen MR) is 44.8 cm³/mol. The maximum atomic E-state index is 11.1. The van der Waals surface area contributed by atoms with E-state index in [0.717, 1.165) is 17.7 Å². The van der Waals surface area contributed by atoms with Crippen molar-refractivity contribution < 1.29 is 9.36 Å². The highest BCUT2D eigenvalue weighted by molar-refractivity contribution is 5.94. The van der Waals surface area contributed by atoms with Crippen molar-refractivity contribution in [3.05, 3.63) is 23.8 Å². The molecule has 0 unspecified atom stereocenters. The molecule has 12 heavy (non-hydrogen) atoms. The summed E-state index contributed by atoms with van der Waals surface area (Å²) < 4.78 is 1.89. The van der Waals surface area contributed by atoms with Crippen molar-refractivity contribution in [2.75, 3.05) is 0 Å². The second-order valence-electron chi connectivity index (χ2n) is 2.77. The van der Waals surface area contributed by atoms with Gasteiger partial charge in [-0.3, -0.25) is 4.79 Å². The van der Waals surface area contributed by atoms with Gasteiger partial charge in [0.05, 0.1) is 7.05 Å². The minimum Gasteiger partial charge on any atom is -0.294 e. The molecule has 0 N–H and O–H groups in total. The van der Waals surface area contributed by atoms with Gasteiger partial charge in [0.1, 0.15) is 11.3 Å². The van der Waals surface area contributed by atoms with Gasteiger partial charge in [-0.1, -0.05) is 11.9 Å². The normalized spacial score (nSPS) is 9.92. The number of rotatable bonds is 2. The van der Waals surface area contributed by atoms with Gasteiger partial charge in [0.15, 0.2) is 12.0 Å². The van der Waals surface area contributed by atoms with E-state index >= 15 is 0 Å². The first-order chi connectivity index (χ1) is 5.66. The smallest absolute Gasteiger partial charge is 0.286 e. The number of carbonyl (C=O) groups excluding carboxylic acids is 1. The van der Waals surface area contributed by atoms with E-state index in [2.05, 4.69) is 4.98 Å². The lowest BCUT2D eigenvalue weighted by Crippen LogP contribution is -2.35. The van der Waals surface area contributed by atoms with Crippen LogP contribution in [-0.4, -0.2) is 10.8 Å². The number of aromatic nitrogens is 2. The van der Waals surface area contributed by atoms with Crippen molar-refractivity contribution in [3.63, 3.8) is 0 Å². The summed E-state index contributed by atoms with van der Waals surface area (Å²) >= 11 is 0. The van der Waals surface area contributed by atoms with Gasteiger partial charge in [0.25, 0.3) is 6.33 Å². The summed E-state index contributed by atoms with van der Waals surface area (Å²) in [7, 11) is 1.90. The Bertz CT molecular complexity index is 307. The SMILES string of the molecule is CCc1c(C(C)=O)cnc[n+]1C. The Morgan fingerprint density at radius 3 is 2.75 bits per heavy atom. The minimum absolute atomic E-state index is 0.0792. The number of Topliss-reactive ketones (excluding diaryl/α,β-unsaturated/α-hetero) is 1. The zero-order chi connectivity index (χ0) is 9.14. The molecule has 0 aromatic carbocycles. The fourth-order valence-electron chi connectivity index (χ4n) is 1.28. The summed E-state index contributed by atoms with van der Waals surface area (Å²) in [5.74, 6) is 0.0792. The fourth-order valence-corrected chi connectivity index (χ4v) is 1.28. The summed E-state index contributed by atoms with van der Waals surface area (Å²) in [5, 5.41) is 0. The monoisotopic (exact) mass is 165 g/mol. The number of hydrogen-bond donors (Lipinski definition) is 0. The minimum atomic E-state index is 0.0792. The van der Waals surface area contributed by atoms with Gasteiger partial charge < -0.3 is 0 Å². The average molecular weight is 165 g/mol. The van der Waals surface area contributed by atoms with E-state index in [9.17, 15) is 4.79 Å². The lowest BCUT2D eigenvalue weighted by atomic mass is 10.1. The third-order valence-electron chi connectivity index (χ3n) is 1.89. The van der Waals surface area contributed by atoms with Crippen LogP contribution >= 0.6 is 0 Å². The lowest BCUT2D eigenvalue weighted by molar-refractivity contribution is -0.682. The third-order valence-corrected chi connectivity index (χ3v) is 1.89. The Balaban J connectivity index is 3.27. The summed E-state index contributed by atoms with van der Waals surface area (Å²) in [6.45, 7) is 3.60. The van der Waals surface area contributed by atoms with Gasteiger partial charge in [0, 0.05) is 6.42 Å². The highest BCUT2D eigenvalue weighted by Gasteiger charge is 2.13. The van der Waals surface area contributed by atoms with Gasteiger partial charge in [-0.2, -0.15) is 0 Å². The van der Waals surface area contributed by atoms with Crippen LogP contribution in [0, 0.1) is 0 Å². The van der Waals surface area contributed by atoms with Crippen molar-refractivity contribution in [2.45, 2.75) is 20.3 Å². The average Bonchev–Trinajstić information content (AvgIpc) is 2.03.